The van der Waals surface area contributed by atoms with Crippen molar-refractivity contribution in [3.05, 3.63) is 29.8 Å². The van der Waals surface area contributed by atoms with E-state index in [1.54, 1.807) is 6.92 Å². The van der Waals surface area contributed by atoms with Crippen LogP contribution in [0, 0.1) is 0 Å². The van der Waals surface area contributed by atoms with Crippen LogP contribution < -0.4 is 16.4 Å². The molecule has 0 bridgehead atoms. The normalized spacial score (nSPS) is 18.0. The van der Waals surface area contributed by atoms with Gasteiger partial charge in [0.05, 0.1) is 5.54 Å². The summed E-state index contributed by atoms with van der Waals surface area (Å²) >= 11 is 0. The molecule has 0 saturated heterocycles. The molecule has 2 rings (SSSR count). The summed E-state index contributed by atoms with van der Waals surface area (Å²) in [6, 6.07) is 8.60. The quantitative estimate of drug-likeness (QED) is 0.861. The molecular formula is C16H25N3O. The summed E-state index contributed by atoms with van der Waals surface area (Å²) in [6.07, 6.45) is 5.11. The zero-order valence-electron chi connectivity index (χ0n) is 12.3. The van der Waals surface area contributed by atoms with Gasteiger partial charge < -0.3 is 16.4 Å². The van der Waals surface area contributed by atoms with E-state index in [1.807, 2.05) is 0 Å². The first-order chi connectivity index (χ1) is 9.50. The Labute approximate surface area is 121 Å². The van der Waals surface area contributed by atoms with Gasteiger partial charge in [0.1, 0.15) is 0 Å². The third-order valence-corrected chi connectivity index (χ3v) is 4.14. The molecule has 1 aliphatic heterocycles. The first kappa shape index (κ1) is 14.9. The van der Waals surface area contributed by atoms with Crippen molar-refractivity contribution in [2.24, 2.45) is 11.5 Å². The van der Waals surface area contributed by atoms with Gasteiger partial charge in [-0.25, -0.2) is 0 Å². The van der Waals surface area contributed by atoms with Crippen LogP contribution in [0.2, 0.25) is 0 Å². The maximum Gasteiger partial charge on any atom is 0.237 e. The largest absolute Gasteiger partial charge is 0.371 e. The van der Waals surface area contributed by atoms with Gasteiger partial charge in [-0.1, -0.05) is 18.2 Å². The maximum atomic E-state index is 11.2. The highest BCUT2D eigenvalue weighted by Crippen LogP contribution is 2.26. The SMILES string of the molecule is CC(N)(CCCN1CCCCc2ccccc21)C(N)=O. The molecular weight excluding hydrogens is 250 g/mol. The summed E-state index contributed by atoms with van der Waals surface area (Å²) in [5, 5.41) is 0. The molecule has 20 heavy (non-hydrogen) atoms. The first-order valence-corrected chi connectivity index (χ1v) is 7.42. The minimum atomic E-state index is -0.897. The highest BCUT2D eigenvalue weighted by molar-refractivity contribution is 5.83. The predicted molar refractivity (Wildman–Crippen MR) is 82.6 cm³/mol. The van der Waals surface area contributed by atoms with Crippen LogP contribution in [-0.4, -0.2) is 24.5 Å². The van der Waals surface area contributed by atoms with Crippen LogP contribution in [0.4, 0.5) is 5.69 Å². The summed E-state index contributed by atoms with van der Waals surface area (Å²) in [5.41, 5.74) is 13.1. The molecule has 1 aliphatic rings. The fourth-order valence-corrected chi connectivity index (χ4v) is 2.76. The zero-order valence-corrected chi connectivity index (χ0v) is 12.3. The molecule has 4 N–H and O–H groups in total. The van der Waals surface area contributed by atoms with Crippen LogP contribution in [0.15, 0.2) is 24.3 Å². The fourth-order valence-electron chi connectivity index (χ4n) is 2.76. The van der Waals surface area contributed by atoms with Gasteiger partial charge in [-0.15, -0.1) is 0 Å². The Bertz CT molecular complexity index is 471. The molecule has 1 aromatic carbocycles. The molecule has 0 spiro atoms. The van der Waals surface area contributed by atoms with Gasteiger partial charge in [-0.05, 0) is 50.7 Å². The van der Waals surface area contributed by atoms with Gasteiger partial charge in [0.25, 0.3) is 0 Å². The molecule has 4 nitrogen and oxygen atoms in total. The third-order valence-electron chi connectivity index (χ3n) is 4.14. The van der Waals surface area contributed by atoms with E-state index < -0.39 is 11.4 Å². The highest BCUT2D eigenvalue weighted by atomic mass is 16.1. The summed E-state index contributed by atoms with van der Waals surface area (Å²) in [4.78, 5) is 13.7. The van der Waals surface area contributed by atoms with Crippen molar-refractivity contribution >= 4 is 11.6 Å². The smallest absolute Gasteiger partial charge is 0.237 e. The number of carbonyl (C=O) groups is 1. The number of amides is 1. The fraction of sp³-hybridized carbons (Fsp3) is 0.562. The Balaban J connectivity index is 1.98. The van der Waals surface area contributed by atoms with Crippen molar-refractivity contribution in [3.8, 4) is 0 Å². The van der Waals surface area contributed by atoms with E-state index in [9.17, 15) is 4.79 Å². The Morgan fingerprint density at radius 3 is 2.85 bits per heavy atom. The number of nitrogens with two attached hydrogens (primary N) is 2. The van der Waals surface area contributed by atoms with Crippen LogP contribution in [0.3, 0.4) is 0 Å². The number of hydrogen-bond acceptors (Lipinski definition) is 3. The van der Waals surface area contributed by atoms with Crippen molar-refractivity contribution in [2.45, 2.75) is 44.6 Å². The van der Waals surface area contributed by atoms with Crippen LogP contribution >= 0.6 is 0 Å². The van der Waals surface area contributed by atoms with E-state index in [2.05, 4.69) is 29.2 Å². The van der Waals surface area contributed by atoms with Crippen molar-refractivity contribution < 1.29 is 4.79 Å². The van der Waals surface area contributed by atoms with E-state index in [-0.39, 0.29) is 0 Å². The zero-order chi connectivity index (χ0) is 14.6. The number of benzene rings is 1. The van der Waals surface area contributed by atoms with E-state index in [4.69, 9.17) is 11.5 Å². The van der Waals surface area contributed by atoms with Crippen LogP contribution in [0.5, 0.6) is 0 Å². The lowest BCUT2D eigenvalue weighted by molar-refractivity contribution is -0.122. The molecule has 0 aliphatic carbocycles. The highest BCUT2D eigenvalue weighted by Gasteiger charge is 2.25. The molecule has 110 valence electrons. The topological polar surface area (TPSA) is 72.3 Å². The monoisotopic (exact) mass is 275 g/mol. The van der Waals surface area contributed by atoms with Gasteiger partial charge in [0.2, 0.25) is 5.91 Å². The number of primary amides is 1. The minimum Gasteiger partial charge on any atom is -0.371 e. The van der Waals surface area contributed by atoms with Crippen LogP contribution in [0.1, 0.15) is 38.2 Å². The lowest BCUT2D eigenvalue weighted by atomic mass is 9.96. The van der Waals surface area contributed by atoms with Gasteiger partial charge >= 0.3 is 0 Å². The second-order valence-electron chi connectivity index (χ2n) is 5.96. The van der Waals surface area contributed by atoms with Crippen LogP contribution in [-0.2, 0) is 11.2 Å². The van der Waals surface area contributed by atoms with Crippen LogP contribution in [0.25, 0.3) is 0 Å². The predicted octanol–water partition coefficient (Wildman–Crippen LogP) is 1.81. The van der Waals surface area contributed by atoms with Crippen molar-refractivity contribution in [3.63, 3.8) is 0 Å². The number of nitrogens with zero attached hydrogens (tertiary/aromatic N) is 1. The molecule has 1 aromatic rings. The molecule has 1 amide bonds. The van der Waals surface area contributed by atoms with E-state index in [0.29, 0.717) is 6.42 Å². The number of carbonyl (C=O) groups excluding carboxylic acids is 1. The van der Waals surface area contributed by atoms with E-state index in [0.717, 1.165) is 25.9 Å². The van der Waals surface area contributed by atoms with E-state index in [1.165, 1.54) is 24.1 Å². The van der Waals surface area contributed by atoms with Gasteiger partial charge in [-0.2, -0.15) is 0 Å². The third kappa shape index (κ3) is 3.51. The summed E-state index contributed by atoms with van der Waals surface area (Å²) in [7, 11) is 0. The summed E-state index contributed by atoms with van der Waals surface area (Å²) in [5.74, 6) is -0.422. The maximum absolute atomic E-state index is 11.2. The standard InChI is InChI=1S/C16H25N3O/c1-16(18,15(17)20)10-6-12-19-11-5-4-8-13-7-2-3-9-14(13)19/h2-3,7,9H,4-6,8,10-12,18H2,1H3,(H2,17,20). The number of rotatable bonds is 5. The Morgan fingerprint density at radius 2 is 2.10 bits per heavy atom. The Kier molecular flexibility index (Phi) is 4.65. The van der Waals surface area contributed by atoms with Gasteiger partial charge in [0, 0.05) is 18.8 Å². The van der Waals surface area contributed by atoms with Gasteiger partial charge in [0.15, 0.2) is 0 Å². The molecule has 1 unspecified atom stereocenters. The molecule has 0 fully saturated rings. The lowest BCUT2D eigenvalue weighted by Crippen LogP contribution is -2.49. The number of aryl methyl sites for hydroxylation is 1. The molecule has 1 heterocycles. The average molecular weight is 275 g/mol. The van der Waals surface area contributed by atoms with E-state index >= 15 is 0 Å². The van der Waals surface area contributed by atoms with Crippen molar-refractivity contribution in [1.29, 1.82) is 0 Å². The second-order valence-corrected chi connectivity index (χ2v) is 5.96. The second kappa shape index (κ2) is 6.27. The molecule has 0 radical (unpaired) electrons. The molecule has 4 heteroatoms. The number of anilines is 1. The summed E-state index contributed by atoms with van der Waals surface area (Å²) in [6.45, 7) is 3.72. The average Bonchev–Trinajstić information content (AvgIpc) is 2.61. The first-order valence-electron chi connectivity index (χ1n) is 7.42. The number of fused-ring (bicyclic) bond motifs is 1. The Hall–Kier alpha value is -1.55. The van der Waals surface area contributed by atoms with Crippen molar-refractivity contribution in [2.75, 3.05) is 18.0 Å². The number of hydrogen-bond donors (Lipinski definition) is 2. The number of para-hydroxylation sites is 1. The van der Waals surface area contributed by atoms with Gasteiger partial charge in [-0.3, -0.25) is 4.79 Å². The molecule has 1 atom stereocenters. The van der Waals surface area contributed by atoms with Crippen molar-refractivity contribution in [1.82, 2.24) is 0 Å². The Morgan fingerprint density at radius 1 is 1.35 bits per heavy atom. The lowest BCUT2D eigenvalue weighted by Gasteiger charge is -2.27. The summed E-state index contributed by atoms with van der Waals surface area (Å²) < 4.78 is 0. The minimum absolute atomic E-state index is 0.422. The molecule has 0 aromatic heterocycles. The molecule has 0 saturated carbocycles.